The van der Waals surface area contributed by atoms with Crippen molar-refractivity contribution in [1.29, 1.82) is 5.26 Å². The van der Waals surface area contributed by atoms with Crippen LogP contribution >= 0.6 is 0 Å². The standard InChI is InChI=1S/C13H14N4/c1-9-4-5-12-11(7-14)16-13(17(12)8-9)10-3-2-6-15-10/h4-5,8,10,15H,2-3,6H2,1H3. The van der Waals surface area contributed by atoms with E-state index in [4.69, 9.17) is 5.26 Å². The molecule has 1 unspecified atom stereocenters. The third-order valence-electron chi connectivity index (χ3n) is 3.29. The van der Waals surface area contributed by atoms with Crippen molar-refractivity contribution < 1.29 is 0 Å². The van der Waals surface area contributed by atoms with Gasteiger partial charge in [0, 0.05) is 6.20 Å². The Bertz CT molecular complexity index is 600. The number of hydrogen-bond acceptors (Lipinski definition) is 3. The number of nitrogens with one attached hydrogen (secondary N) is 1. The van der Waals surface area contributed by atoms with E-state index in [1.165, 1.54) is 12.0 Å². The molecule has 0 amide bonds. The molecule has 2 aromatic rings. The minimum absolute atomic E-state index is 0.284. The van der Waals surface area contributed by atoms with E-state index in [0.29, 0.717) is 5.69 Å². The van der Waals surface area contributed by atoms with Crippen LogP contribution < -0.4 is 5.32 Å². The maximum atomic E-state index is 9.11. The van der Waals surface area contributed by atoms with E-state index in [9.17, 15) is 0 Å². The number of pyridine rings is 1. The summed E-state index contributed by atoms with van der Waals surface area (Å²) in [5.41, 5.74) is 2.61. The van der Waals surface area contributed by atoms with Gasteiger partial charge in [0.1, 0.15) is 11.9 Å². The van der Waals surface area contributed by atoms with Crippen LogP contribution in [0.15, 0.2) is 18.3 Å². The second-order valence-corrected chi connectivity index (χ2v) is 4.54. The summed E-state index contributed by atoms with van der Waals surface area (Å²) in [4.78, 5) is 4.47. The minimum Gasteiger partial charge on any atom is -0.307 e. The van der Waals surface area contributed by atoms with Gasteiger partial charge in [-0.15, -0.1) is 0 Å². The lowest BCUT2D eigenvalue weighted by atomic mass is 10.2. The second kappa shape index (κ2) is 3.86. The lowest BCUT2D eigenvalue weighted by Gasteiger charge is -2.09. The Balaban J connectivity index is 2.23. The molecule has 4 nitrogen and oxygen atoms in total. The fraction of sp³-hybridized carbons (Fsp3) is 0.385. The van der Waals surface area contributed by atoms with E-state index < -0.39 is 0 Å². The van der Waals surface area contributed by atoms with Crippen LogP contribution in [0.2, 0.25) is 0 Å². The van der Waals surface area contributed by atoms with E-state index in [1.54, 1.807) is 0 Å². The molecule has 2 aromatic heterocycles. The quantitative estimate of drug-likeness (QED) is 0.808. The zero-order valence-electron chi connectivity index (χ0n) is 9.77. The summed E-state index contributed by atoms with van der Waals surface area (Å²) in [7, 11) is 0. The first-order valence-corrected chi connectivity index (χ1v) is 5.91. The van der Waals surface area contributed by atoms with Crippen LogP contribution in [0.4, 0.5) is 0 Å². The summed E-state index contributed by atoms with van der Waals surface area (Å²) in [6, 6.07) is 6.45. The lowest BCUT2D eigenvalue weighted by Crippen LogP contribution is -2.15. The van der Waals surface area contributed by atoms with Gasteiger partial charge in [-0.3, -0.25) is 0 Å². The lowest BCUT2D eigenvalue weighted by molar-refractivity contribution is 0.602. The highest BCUT2D eigenvalue weighted by Crippen LogP contribution is 2.25. The Morgan fingerprint density at radius 1 is 1.53 bits per heavy atom. The molecular weight excluding hydrogens is 212 g/mol. The SMILES string of the molecule is Cc1ccc2c(C#N)nc(C3CCCN3)n2c1. The van der Waals surface area contributed by atoms with Crippen LogP contribution in [0.25, 0.3) is 5.52 Å². The third kappa shape index (κ3) is 1.60. The second-order valence-electron chi connectivity index (χ2n) is 4.54. The highest BCUT2D eigenvalue weighted by Gasteiger charge is 2.22. The minimum atomic E-state index is 0.284. The monoisotopic (exact) mass is 226 g/mol. The van der Waals surface area contributed by atoms with Crippen molar-refractivity contribution in [1.82, 2.24) is 14.7 Å². The average molecular weight is 226 g/mol. The van der Waals surface area contributed by atoms with Gasteiger partial charge in [0.2, 0.25) is 0 Å². The van der Waals surface area contributed by atoms with Gasteiger partial charge in [0.25, 0.3) is 0 Å². The molecule has 0 spiro atoms. The summed E-state index contributed by atoms with van der Waals surface area (Å²) >= 11 is 0. The topological polar surface area (TPSA) is 53.1 Å². The maximum absolute atomic E-state index is 9.11. The number of fused-ring (bicyclic) bond motifs is 1. The van der Waals surface area contributed by atoms with Crippen LogP contribution in [-0.2, 0) is 0 Å². The van der Waals surface area contributed by atoms with Crippen molar-refractivity contribution >= 4 is 5.52 Å². The summed E-state index contributed by atoms with van der Waals surface area (Å²) < 4.78 is 2.05. The van der Waals surface area contributed by atoms with Gasteiger partial charge in [0.15, 0.2) is 5.69 Å². The summed E-state index contributed by atoms with van der Waals surface area (Å²) in [6.07, 6.45) is 4.32. The molecule has 4 heteroatoms. The van der Waals surface area contributed by atoms with Gasteiger partial charge in [-0.2, -0.15) is 5.26 Å². The Morgan fingerprint density at radius 2 is 2.41 bits per heavy atom. The van der Waals surface area contributed by atoms with Crippen molar-refractivity contribution in [3.8, 4) is 6.07 Å². The molecule has 1 saturated heterocycles. The molecule has 0 radical (unpaired) electrons. The van der Waals surface area contributed by atoms with Crippen molar-refractivity contribution in [2.24, 2.45) is 0 Å². The first-order chi connectivity index (χ1) is 8.29. The third-order valence-corrected chi connectivity index (χ3v) is 3.29. The van der Waals surface area contributed by atoms with E-state index in [1.807, 2.05) is 12.1 Å². The molecule has 86 valence electrons. The average Bonchev–Trinajstić information content (AvgIpc) is 2.94. The van der Waals surface area contributed by atoms with Gasteiger partial charge < -0.3 is 9.72 Å². The molecule has 1 aliphatic heterocycles. The van der Waals surface area contributed by atoms with E-state index in [0.717, 1.165) is 24.3 Å². The van der Waals surface area contributed by atoms with Crippen LogP contribution in [0.3, 0.4) is 0 Å². The van der Waals surface area contributed by atoms with Crippen LogP contribution in [0.5, 0.6) is 0 Å². The number of aryl methyl sites for hydroxylation is 1. The zero-order valence-corrected chi connectivity index (χ0v) is 9.77. The van der Waals surface area contributed by atoms with Crippen molar-refractivity contribution in [2.75, 3.05) is 6.54 Å². The molecule has 1 fully saturated rings. The number of hydrogen-bond donors (Lipinski definition) is 1. The predicted octanol–water partition coefficient (Wildman–Crippen LogP) is 1.94. The van der Waals surface area contributed by atoms with Gasteiger partial charge in [-0.25, -0.2) is 4.98 Å². The van der Waals surface area contributed by atoms with Gasteiger partial charge in [0.05, 0.1) is 11.6 Å². The molecule has 17 heavy (non-hydrogen) atoms. The molecular formula is C13H14N4. The first kappa shape index (κ1) is 10.3. The zero-order chi connectivity index (χ0) is 11.8. The summed E-state index contributed by atoms with van der Waals surface area (Å²) in [5, 5.41) is 12.5. The number of imidazole rings is 1. The highest BCUT2D eigenvalue weighted by atomic mass is 15.1. The molecule has 0 bridgehead atoms. The van der Waals surface area contributed by atoms with Gasteiger partial charge >= 0.3 is 0 Å². The van der Waals surface area contributed by atoms with Crippen LogP contribution in [0, 0.1) is 18.3 Å². The Labute approximate surface area is 99.9 Å². The number of nitrogens with zero attached hydrogens (tertiary/aromatic N) is 3. The fourth-order valence-corrected chi connectivity index (χ4v) is 2.45. The van der Waals surface area contributed by atoms with E-state index in [-0.39, 0.29) is 6.04 Å². The molecule has 1 N–H and O–H groups in total. The molecule has 1 atom stereocenters. The number of aromatic nitrogens is 2. The van der Waals surface area contributed by atoms with Gasteiger partial charge in [-0.05, 0) is 37.9 Å². The van der Waals surface area contributed by atoms with E-state index in [2.05, 4.69) is 33.9 Å². The highest BCUT2D eigenvalue weighted by molar-refractivity contribution is 5.59. The molecule has 0 aromatic carbocycles. The first-order valence-electron chi connectivity index (χ1n) is 5.91. The van der Waals surface area contributed by atoms with Crippen molar-refractivity contribution in [3.05, 3.63) is 35.4 Å². The maximum Gasteiger partial charge on any atom is 0.166 e. The largest absolute Gasteiger partial charge is 0.307 e. The van der Waals surface area contributed by atoms with E-state index >= 15 is 0 Å². The smallest absolute Gasteiger partial charge is 0.166 e. The van der Waals surface area contributed by atoms with Crippen LogP contribution in [0.1, 0.15) is 36.0 Å². The Morgan fingerprint density at radius 3 is 3.12 bits per heavy atom. The van der Waals surface area contributed by atoms with Crippen LogP contribution in [-0.4, -0.2) is 15.9 Å². The number of rotatable bonds is 1. The van der Waals surface area contributed by atoms with Crippen molar-refractivity contribution in [2.45, 2.75) is 25.8 Å². The predicted molar refractivity (Wildman–Crippen MR) is 64.6 cm³/mol. The number of nitriles is 1. The Kier molecular flexibility index (Phi) is 2.34. The Hall–Kier alpha value is -1.86. The summed E-state index contributed by atoms with van der Waals surface area (Å²) in [6.45, 7) is 3.09. The molecule has 0 saturated carbocycles. The summed E-state index contributed by atoms with van der Waals surface area (Å²) in [5.74, 6) is 0.970. The molecule has 3 rings (SSSR count). The fourth-order valence-electron chi connectivity index (χ4n) is 2.45. The molecule has 1 aliphatic rings. The molecule has 3 heterocycles. The van der Waals surface area contributed by atoms with Crippen molar-refractivity contribution in [3.63, 3.8) is 0 Å². The normalized spacial score (nSPS) is 19.6. The van der Waals surface area contributed by atoms with Gasteiger partial charge in [-0.1, -0.05) is 6.07 Å². The molecule has 0 aliphatic carbocycles.